The molecule has 1 aliphatic rings. The molecule has 112 valence electrons. The highest BCUT2D eigenvalue weighted by Crippen LogP contribution is 2.32. The van der Waals surface area contributed by atoms with Crippen LogP contribution < -0.4 is 11.1 Å². The number of carbonyl (C=O) groups excluding carboxylic acids is 1. The zero-order valence-corrected chi connectivity index (χ0v) is 12.9. The Morgan fingerprint density at radius 2 is 2.48 bits per heavy atom. The van der Waals surface area contributed by atoms with Crippen LogP contribution in [0.3, 0.4) is 0 Å². The Morgan fingerprint density at radius 3 is 3.24 bits per heavy atom. The minimum Gasteiger partial charge on any atom is -0.397 e. The molecule has 1 amide bonds. The number of amides is 1. The summed E-state index contributed by atoms with van der Waals surface area (Å²) in [6.45, 7) is 5.23. The molecule has 0 aromatic carbocycles. The number of likely N-dealkylation sites (N-methyl/N-ethyl adjacent to an activating group) is 1. The highest BCUT2D eigenvalue weighted by atomic mass is 32.1. The number of hydrogen-bond acceptors (Lipinski definition) is 5. The van der Waals surface area contributed by atoms with E-state index < -0.39 is 0 Å². The van der Waals surface area contributed by atoms with E-state index in [1.54, 1.807) is 12.4 Å². The summed E-state index contributed by atoms with van der Waals surface area (Å²) in [7, 11) is 0. The number of anilines is 1. The Kier molecular flexibility index (Phi) is 4.07. The molecule has 2 aromatic heterocycles. The summed E-state index contributed by atoms with van der Waals surface area (Å²) in [5.41, 5.74) is 6.68. The molecular formula is C15H20N4OS. The molecule has 0 radical (unpaired) electrons. The van der Waals surface area contributed by atoms with Crippen molar-refractivity contribution in [2.75, 3.05) is 25.4 Å². The second-order valence-electron chi connectivity index (χ2n) is 5.42. The molecular weight excluding hydrogens is 284 g/mol. The van der Waals surface area contributed by atoms with Gasteiger partial charge >= 0.3 is 0 Å². The Morgan fingerprint density at radius 1 is 1.62 bits per heavy atom. The predicted octanol–water partition coefficient (Wildman–Crippen LogP) is 2.09. The molecule has 6 heteroatoms. The zero-order valence-electron chi connectivity index (χ0n) is 12.1. The van der Waals surface area contributed by atoms with Crippen molar-refractivity contribution in [1.82, 2.24) is 15.2 Å². The molecule has 0 spiro atoms. The third kappa shape index (κ3) is 2.87. The number of nitrogens with zero attached hydrogens (tertiary/aromatic N) is 2. The van der Waals surface area contributed by atoms with E-state index in [1.165, 1.54) is 11.3 Å². The first kappa shape index (κ1) is 14.3. The molecule has 5 nitrogen and oxygen atoms in total. The minimum atomic E-state index is -0.0587. The Labute approximate surface area is 128 Å². The number of fused-ring (bicyclic) bond motifs is 1. The SMILES string of the molecule is CCN1CCCC(NC(=O)c2sc3cnccc3c2N)C1. The van der Waals surface area contributed by atoms with Crippen LogP contribution in [0, 0.1) is 0 Å². The molecule has 21 heavy (non-hydrogen) atoms. The molecule has 3 N–H and O–H groups in total. The average Bonchev–Trinajstić information content (AvgIpc) is 2.85. The number of nitrogens with one attached hydrogen (secondary N) is 1. The highest BCUT2D eigenvalue weighted by molar-refractivity contribution is 7.21. The number of aromatic nitrogens is 1. The number of carbonyl (C=O) groups is 1. The molecule has 1 saturated heterocycles. The number of thiophene rings is 1. The van der Waals surface area contributed by atoms with Gasteiger partial charge in [-0.3, -0.25) is 9.78 Å². The summed E-state index contributed by atoms with van der Waals surface area (Å²) in [5, 5.41) is 4.05. The van der Waals surface area contributed by atoms with Crippen molar-refractivity contribution < 1.29 is 4.79 Å². The minimum absolute atomic E-state index is 0.0587. The maximum absolute atomic E-state index is 12.5. The fourth-order valence-corrected chi connectivity index (χ4v) is 3.84. The summed E-state index contributed by atoms with van der Waals surface area (Å²) in [6.07, 6.45) is 5.62. The van der Waals surface area contributed by atoms with Crippen LogP contribution in [0.15, 0.2) is 18.5 Å². The van der Waals surface area contributed by atoms with Crippen molar-refractivity contribution in [3.05, 3.63) is 23.3 Å². The molecule has 0 bridgehead atoms. The lowest BCUT2D eigenvalue weighted by molar-refractivity contribution is 0.0911. The monoisotopic (exact) mass is 304 g/mol. The van der Waals surface area contributed by atoms with E-state index in [2.05, 4.69) is 22.1 Å². The first-order valence-corrected chi connectivity index (χ1v) is 8.16. The van der Waals surface area contributed by atoms with E-state index in [9.17, 15) is 4.79 Å². The number of likely N-dealkylation sites (tertiary alicyclic amines) is 1. The van der Waals surface area contributed by atoms with Gasteiger partial charge in [-0.1, -0.05) is 6.92 Å². The first-order chi connectivity index (χ1) is 10.2. The standard InChI is InChI=1S/C15H20N4OS/c1-2-19-7-3-4-10(9-19)18-15(20)14-13(16)11-5-6-17-8-12(11)21-14/h5-6,8,10H,2-4,7,9,16H2,1H3,(H,18,20). The number of piperidine rings is 1. The maximum Gasteiger partial charge on any atom is 0.263 e. The number of nitrogen functional groups attached to an aromatic ring is 1. The van der Waals surface area contributed by atoms with Gasteiger partial charge in [-0.25, -0.2) is 0 Å². The van der Waals surface area contributed by atoms with Crippen LogP contribution in [0.1, 0.15) is 29.4 Å². The molecule has 0 aliphatic carbocycles. The van der Waals surface area contributed by atoms with Gasteiger partial charge in [-0.15, -0.1) is 11.3 Å². The van der Waals surface area contributed by atoms with Crippen LogP contribution in [0.4, 0.5) is 5.69 Å². The second-order valence-corrected chi connectivity index (χ2v) is 6.47. The van der Waals surface area contributed by atoms with Gasteiger partial charge in [-0.2, -0.15) is 0 Å². The van der Waals surface area contributed by atoms with Crippen LogP contribution in [-0.2, 0) is 0 Å². The average molecular weight is 304 g/mol. The Balaban J connectivity index is 1.76. The van der Waals surface area contributed by atoms with Gasteiger partial charge in [0.15, 0.2) is 0 Å². The topological polar surface area (TPSA) is 71.2 Å². The zero-order chi connectivity index (χ0) is 14.8. The van der Waals surface area contributed by atoms with Crippen molar-refractivity contribution >= 4 is 33.0 Å². The number of hydrogen-bond donors (Lipinski definition) is 2. The third-order valence-corrected chi connectivity index (χ3v) is 5.18. The van der Waals surface area contributed by atoms with Crippen molar-refractivity contribution in [1.29, 1.82) is 0 Å². The number of nitrogens with two attached hydrogens (primary N) is 1. The lowest BCUT2D eigenvalue weighted by Crippen LogP contribution is -2.47. The second kappa shape index (κ2) is 5.99. The van der Waals surface area contributed by atoms with Crippen molar-refractivity contribution in [3.8, 4) is 0 Å². The quantitative estimate of drug-likeness (QED) is 0.911. The van der Waals surface area contributed by atoms with Crippen LogP contribution in [0.5, 0.6) is 0 Å². The fourth-order valence-electron chi connectivity index (χ4n) is 2.85. The lowest BCUT2D eigenvalue weighted by Gasteiger charge is -2.32. The van der Waals surface area contributed by atoms with E-state index in [1.807, 2.05) is 6.07 Å². The van der Waals surface area contributed by atoms with Crippen LogP contribution >= 0.6 is 11.3 Å². The Bertz CT molecular complexity index is 654. The molecule has 1 atom stereocenters. The van der Waals surface area contributed by atoms with Gasteiger partial charge in [0, 0.05) is 30.4 Å². The molecule has 0 saturated carbocycles. The summed E-state index contributed by atoms with van der Waals surface area (Å²) in [4.78, 5) is 19.5. The molecule has 1 aliphatic heterocycles. The molecule has 1 unspecified atom stereocenters. The van der Waals surface area contributed by atoms with Crippen molar-refractivity contribution in [3.63, 3.8) is 0 Å². The third-order valence-electron chi connectivity index (χ3n) is 4.03. The van der Waals surface area contributed by atoms with Gasteiger partial charge < -0.3 is 16.0 Å². The van der Waals surface area contributed by atoms with E-state index in [-0.39, 0.29) is 11.9 Å². The lowest BCUT2D eigenvalue weighted by atomic mass is 10.1. The number of pyridine rings is 1. The van der Waals surface area contributed by atoms with E-state index in [0.29, 0.717) is 10.6 Å². The fraction of sp³-hybridized carbons (Fsp3) is 0.467. The summed E-state index contributed by atoms with van der Waals surface area (Å²) in [6, 6.07) is 2.08. The summed E-state index contributed by atoms with van der Waals surface area (Å²) >= 11 is 1.41. The van der Waals surface area contributed by atoms with E-state index in [0.717, 1.165) is 42.6 Å². The highest BCUT2D eigenvalue weighted by Gasteiger charge is 2.23. The largest absolute Gasteiger partial charge is 0.397 e. The molecule has 1 fully saturated rings. The maximum atomic E-state index is 12.5. The van der Waals surface area contributed by atoms with Gasteiger partial charge in [0.2, 0.25) is 0 Å². The van der Waals surface area contributed by atoms with Gasteiger partial charge in [0.25, 0.3) is 5.91 Å². The van der Waals surface area contributed by atoms with Crippen LogP contribution in [0.25, 0.3) is 10.1 Å². The molecule has 2 aromatic rings. The summed E-state index contributed by atoms with van der Waals surface area (Å²) in [5.74, 6) is -0.0587. The molecule has 3 heterocycles. The summed E-state index contributed by atoms with van der Waals surface area (Å²) < 4.78 is 0.957. The first-order valence-electron chi connectivity index (χ1n) is 7.34. The van der Waals surface area contributed by atoms with E-state index >= 15 is 0 Å². The smallest absolute Gasteiger partial charge is 0.263 e. The van der Waals surface area contributed by atoms with Gasteiger partial charge in [0.1, 0.15) is 4.88 Å². The molecule has 3 rings (SSSR count). The van der Waals surface area contributed by atoms with Gasteiger partial charge in [0.05, 0.1) is 10.4 Å². The van der Waals surface area contributed by atoms with E-state index in [4.69, 9.17) is 5.73 Å². The van der Waals surface area contributed by atoms with Crippen molar-refractivity contribution in [2.45, 2.75) is 25.8 Å². The van der Waals surface area contributed by atoms with Crippen molar-refractivity contribution in [2.24, 2.45) is 0 Å². The van der Waals surface area contributed by atoms with Crippen LogP contribution in [-0.4, -0.2) is 41.5 Å². The van der Waals surface area contributed by atoms with Gasteiger partial charge in [-0.05, 0) is 32.0 Å². The number of rotatable bonds is 3. The normalized spacial score (nSPS) is 19.8. The van der Waals surface area contributed by atoms with Crippen LogP contribution in [0.2, 0.25) is 0 Å². The predicted molar refractivity (Wildman–Crippen MR) is 86.6 cm³/mol. The Hall–Kier alpha value is -1.66.